The van der Waals surface area contributed by atoms with Crippen LogP contribution in [-0.4, -0.2) is 42.7 Å². The smallest absolute Gasteiger partial charge is 0.338 e. The van der Waals surface area contributed by atoms with Crippen LogP contribution in [0.25, 0.3) is 0 Å². The summed E-state index contributed by atoms with van der Waals surface area (Å²) >= 11 is 0. The fraction of sp³-hybridized carbons (Fsp3) is 0.348. The molecule has 1 unspecified atom stereocenters. The topological polar surface area (TPSA) is 139 Å². The first kappa shape index (κ1) is 25.8. The second-order valence-electron chi connectivity index (χ2n) is 6.62. The van der Waals surface area contributed by atoms with Crippen LogP contribution in [0.15, 0.2) is 60.7 Å². The van der Waals surface area contributed by atoms with Gasteiger partial charge in [-0.3, -0.25) is 0 Å². The maximum absolute atomic E-state index is 11.7. The number of hydrogen-bond acceptors (Lipinski definition) is 8. The van der Waals surface area contributed by atoms with E-state index in [-0.39, 0.29) is 5.97 Å². The minimum atomic E-state index is -2.19. The molecule has 0 saturated carbocycles. The summed E-state index contributed by atoms with van der Waals surface area (Å²) < 4.78 is 5.25. The van der Waals surface area contributed by atoms with Gasteiger partial charge in [-0.05, 0) is 37.1 Å². The Labute approximate surface area is 181 Å². The van der Waals surface area contributed by atoms with E-state index in [4.69, 9.17) is 24.5 Å². The Balaban J connectivity index is 0.000000703. The van der Waals surface area contributed by atoms with E-state index in [1.54, 1.807) is 12.1 Å². The van der Waals surface area contributed by atoms with Crippen molar-refractivity contribution in [3.8, 4) is 0 Å². The van der Waals surface area contributed by atoms with Gasteiger partial charge in [0.1, 0.15) is 0 Å². The molecule has 0 aromatic heterocycles. The normalized spacial score (nSPS) is 11.0. The molecule has 0 fully saturated rings. The van der Waals surface area contributed by atoms with Gasteiger partial charge >= 0.3 is 5.97 Å². The Morgan fingerprint density at radius 3 is 1.97 bits per heavy atom. The molecular formula is C23H27NO7-2. The Morgan fingerprint density at radius 2 is 1.39 bits per heavy atom. The molecule has 1 atom stereocenters. The number of aliphatic hydroxyl groups excluding tert-OH is 1. The van der Waals surface area contributed by atoms with Gasteiger partial charge < -0.3 is 35.0 Å². The second kappa shape index (κ2) is 15.6. The number of aliphatic carboxylic acids is 2. The zero-order chi connectivity index (χ0) is 22.9. The number of aliphatic hydroxyl groups is 1. The van der Waals surface area contributed by atoms with Crippen LogP contribution in [0.4, 0.5) is 0 Å². The molecule has 2 aromatic rings. The number of benzene rings is 2. The van der Waals surface area contributed by atoms with Gasteiger partial charge in [-0.1, -0.05) is 61.4 Å². The molecule has 2 aromatic carbocycles. The van der Waals surface area contributed by atoms with E-state index in [0.717, 1.165) is 37.8 Å². The van der Waals surface area contributed by atoms with Gasteiger partial charge in [0.25, 0.3) is 0 Å². The van der Waals surface area contributed by atoms with Crippen LogP contribution in [0, 0.1) is 0 Å². The van der Waals surface area contributed by atoms with Crippen molar-refractivity contribution in [1.82, 2.24) is 5.32 Å². The van der Waals surface area contributed by atoms with Crippen molar-refractivity contribution >= 4 is 17.9 Å². The van der Waals surface area contributed by atoms with Gasteiger partial charge in [0.15, 0.2) is 0 Å². The number of carbonyl (C=O) groups is 3. The highest BCUT2D eigenvalue weighted by Crippen LogP contribution is 2.10. The second-order valence-corrected chi connectivity index (χ2v) is 6.62. The number of carboxylic acids is 2. The summed E-state index contributed by atoms with van der Waals surface area (Å²) in [5, 5.41) is 31.2. The lowest BCUT2D eigenvalue weighted by molar-refractivity contribution is -0.345. The molecule has 0 saturated heterocycles. The number of carbonyl (C=O) groups excluding carboxylic acids is 3. The summed E-state index contributed by atoms with van der Waals surface area (Å²) in [6.45, 7) is 1.92. The average Bonchev–Trinajstić information content (AvgIpc) is 2.79. The summed E-state index contributed by atoms with van der Waals surface area (Å²) in [5.74, 6) is -4.62. The molecular weight excluding hydrogens is 402 g/mol. The van der Waals surface area contributed by atoms with Gasteiger partial charge in [-0.25, -0.2) is 4.79 Å². The summed E-state index contributed by atoms with van der Waals surface area (Å²) in [6, 6.07) is 18.7. The number of hydrogen-bond donors (Lipinski definition) is 2. The zero-order valence-electron chi connectivity index (χ0n) is 17.2. The highest BCUT2D eigenvalue weighted by Gasteiger charge is 2.06. The number of unbranched alkanes of at least 4 members (excludes halogenated alkanes) is 3. The Morgan fingerprint density at radius 1 is 0.839 bits per heavy atom. The third-order valence-corrected chi connectivity index (χ3v) is 4.18. The van der Waals surface area contributed by atoms with Crippen LogP contribution in [0.2, 0.25) is 0 Å². The summed E-state index contributed by atoms with van der Waals surface area (Å²) in [6.07, 6.45) is 3.58. The summed E-state index contributed by atoms with van der Waals surface area (Å²) in [4.78, 5) is 29.6. The van der Waals surface area contributed by atoms with Gasteiger partial charge in [0.2, 0.25) is 0 Å². The summed E-state index contributed by atoms with van der Waals surface area (Å²) in [7, 11) is 0. The maximum Gasteiger partial charge on any atom is 0.338 e. The first-order chi connectivity index (χ1) is 14.9. The molecule has 0 aliphatic heterocycles. The molecule has 0 bridgehead atoms. The highest BCUT2D eigenvalue weighted by atomic mass is 16.5. The van der Waals surface area contributed by atoms with E-state index < -0.39 is 18.0 Å². The fourth-order valence-corrected chi connectivity index (χ4v) is 2.56. The van der Waals surface area contributed by atoms with Crippen molar-refractivity contribution in [2.24, 2.45) is 0 Å². The Hall–Kier alpha value is -3.23. The van der Waals surface area contributed by atoms with E-state index in [0.29, 0.717) is 18.7 Å². The molecule has 8 heteroatoms. The average molecular weight is 429 g/mol. The number of rotatable bonds is 11. The molecule has 0 spiro atoms. The lowest BCUT2D eigenvalue weighted by atomic mass is 10.1. The standard InChI is InChI=1S/C21H27NO3.C2H2O4/c23-20(18-11-5-3-6-12-18)17-22-15-9-1-2-10-16-25-21(24)19-13-7-4-8-14-19;3-1(4)2(5)6/h3-8,11-14,20,22-23H,1-2,9-10,15-17H2;(H,3,4)(H,5,6)/p-2. The third-order valence-electron chi connectivity index (χ3n) is 4.18. The highest BCUT2D eigenvalue weighted by molar-refractivity contribution is 6.25. The van der Waals surface area contributed by atoms with E-state index >= 15 is 0 Å². The van der Waals surface area contributed by atoms with E-state index in [2.05, 4.69) is 5.32 Å². The fourth-order valence-electron chi connectivity index (χ4n) is 2.56. The molecule has 0 aliphatic carbocycles. The summed E-state index contributed by atoms with van der Waals surface area (Å²) in [5.41, 5.74) is 1.54. The number of carboxylic acid groups (broad SMARTS) is 2. The molecule has 168 valence electrons. The molecule has 2 N–H and O–H groups in total. The molecule has 0 amide bonds. The first-order valence-corrected chi connectivity index (χ1v) is 10.00. The molecule has 0 heterocycles. The SMILES string of the molecule is O=C(OCCCCCCNCC(O)c1ccccc1)c1ccccc1.O=C([O-])C(=O)[O-]. The Bertz CT molecular complexity index is 769. The monoisotopic (exact) mass is 429 g/mol. The molecule has 0 aliphatic rings. The van der Waals surface area contributed by atoms with Crippen LogP contribution < -0.4 is 15.5 Å². The van der Waals surface area contributed by atoms with Crippen LogP contribution in [0.1, 0.15) is 47.7 Å². The zero-order valence-corrected chi connectivity index (χ0v) is 17.2. The predicted molar refractivity (Wildman–Crippen MR) is 109 cm³/mol. The van der Waals surface area contributed by atoms with Crippen LogP contribution in [0.3, 0.4) is 0 Å². The van der Waals surface area contributed by atoms with Crippen LogP contribution in [0.5, 0.6) is 0 Å². The quantitative estimate of drug-likeness (QED) is 0.294. The van der Waals surface area contributed by atoms with Crippen molar-refractivity contribution in [2.45, 2.75) is 31.8 Å². The van der Waals surface area contributed by atoms with E-state index in [1.807, 2.05) is 48.5 Å². The molecule has 31 heavy (non-hydrogen) atoms. The van der Waals surface area contributed by atoms with Gasteiger partial charge in [0.05, 0.1) is 30.2 Å². The van der Waals surface area contributed by atoms with Gasteiger partial charge in [0, 0.05) is 6.54 Å². The van der Waals surface area contributed by atoms with Gasteiger partial charge in [-0.15, -0.1) is 0 Å². The number of esters is 1. The number of ether oxygens (including phenoxy) is 1. The number of nitrogens with one attached hydrogen (secondary N) is 1. The van der Waals surface area contributed by atoms with Crippen molar-refractivity contribution in [3.63, 3.8) is 0 Å². The lowest BCUT2D eigenvalue weighted by Gasteiger charge is -2.12. The minimum Gasteiger partial charge on any atom is -0.543 e. The van der Waals surface area contributed by atoms with Crippen molar-refractivity contribution < 1.29 is 34.4 Å². The molecule has 0 radical (unpaired) electrons. The van der Waals surface area contributed by atoms with Crippen LogP contribution in [-0.2, 0) is 14.3 Å². The van der Waals surface area contributed by atoms with Crippen LogP contribution >= 0.6 is 0 Å². The molecule has 8 nitrogen and oxygen atoms in total. The van der Waals surface area contributed by atoms with Crippen molar-refractivity contribution in [1.29, 1.82) is 0 Å². The predicted octanol–water partition coefficient (Wildman–Crippen LogP) is 0.213. The van der Waals surface area contributed by atoms with Crippen molar-refractivity contribution in [2.75, 3.05) is 19.7 Å². The van der Waals surface area contributed by atoms with E-state index in [1.165, 1.54) is 0 Å². The minimum absolute atomic E-state index is 0.253. The van der Waals surface area contributed by atoms with E-state index in [9.17, 15) is 9.90 Å². The third kappa shape index (κ3) is 12.1. The Kier molecular flexibility index (Phi) is 13.0. The van der Waals surface area contributed by atoms with Gasteiger partial charge in [-0.2, -0.15) is 0 Å². The van der Waals surface area contributed by atoms with Crippen molar-refractivity contribution in [3.05, 3.63) is 71.8 Å². The lowest BCUT2D eigenvalue weighted by Crippen LogP contribution is -2.42. The largest absolute Gasteiger partial charge is 0.543 e. The molecule has 2 rings (SSSR count). The first-order valence-electron chi connectivity index (χ1n) is 10.00. The maximum atomic E-state index is 11.7.